The molecule has 76 valence electrons. The summed E-state index contributed by atoms with van der Waals surface area (Å²) in [6.07, 6.45) is 0. The highest BCUT2D eigenvalue weighted by molar-refractivity contribution is 6.47. The predicted octanol–water partition coefficient (Wildman–Crippen LogP) is 1.56. The van der Waals surface area contributed by atoms with E-state index in [9.17, 15) is 18.4 Å². The standard InChI is InChI=1S/C6H6Cl2F2O3/c1-2-13-5(12)3(7)4(11)6(8,9)10/h3H,2H2,1H3. The van der Waals surface area contributed by atoms with Crippen LogP contribution in [0.4, 0.5) is 8.78 Å². The number of ketones is 1. The smallest absolute Gasteiger partial charge is 0.382 e. The van der Waals surface area contributed by atoms with Gasteiger partial charge in [0.15, 0.2) is 5.38 Å². The molecule has 0 rings (SSSR count). The number of esters is 1. The van der Waals surface area contributed by atoms with Crippen molar-refractivity contribution in [1.82, 2.24) is 0 Å². The molecule has 0 aliphatic carbocycles. The summed E-state index contributed by atoms with van der Waals surface area (Å²) >= 11 is 9.40. The second-order valence-corrected chi connectivity index (χ2v) is 2.89. The number of Topliss-reactive ketones (excluding diaryl/α,β-unsaturated/α-hetero) is 1. The molecule has 0 spiro atoms. The molecule has 0 fully saturated rings. The average Bonchev–Trinajstić information content (AvgIpc) is 2.00. The topological polar surface area (TPSA) is 43.4 Å². The van der Waals surface area contributed by atoms with E-state index < -0.39 is 22.5 Å². The summed E-state index contributed by atoms with van der Waals surface area (Å²) in [5, 5.41) is -6.20. The van der Waals surface area contributed by atoms with E-state index in [2.05, 4.69) is 16.3 Å². The van der Waals surface area contributed by atoms with Gasteiger partial charge in [-0.2, -0.15) is 8.78 Å². The second kappa shape index (κ2) is 4.72. The third-order valence-corrected chi connectivity index (χ3v) is 1.57. The van der Waals surface area contributed by atoms with Crippen LogP contribution in [0.15, 0.2) is 0 Å². The molecule has 0 aliphatic rings. The third kappa shape index (κ3) is 3.87. The summed E-state index contributed by atoms with van der Waals surface area (Å²) in [4.78, 5) is 21.2. The van der Waals surface area contributed by atoms with Gasteiger partial charge in [-0.1, -0.05) is 0 Å². The summed E-state index contributed by atoms with van der Waals surface area (Å²) in [6, 6.07) is 0. The fourth-order valence-electron chi connectivity index (χ4n) is 0.466. The molecule has 0 aliphatic heterocycles. The molecule has 13 heavy (non-hydrogen) atoms. The van der Waals surface area contributed by atoms with Crippen molar-refractivity contribution < 1.29 is 23.1 Å². The van der Waals surface area contributed by atoms with E-state index in [4.69, 9.17) is 11.6 Å². The van der Waals surface area contributed by atoms with Crippen LogP contribution in [0.2, 0.25) is 0 Å². The van der Waals surface area contributed by atoms with Crippen molar-refractivity contribution in [2.45, 2.75) is 17.7 Å². The molecule has 0 aromatic heterocycles. The van der Waals surface area contributed by atoms with Gasteiger partial charge in [-0.3, -0.25) is 4.79 Å². The Morgan fingerprint density at radius 1 is 1.54 bits per heavy atom. The second-order valence-electron chi connectivity index (χ2n) is 1.98. The summed E-state index contributed by atoms with van der Waals surface area (Å²) in [7, 11) is 0. The van der Waals surface area contributed by atoms with Crippen molar-refractivity contribution in [3.8, 4) is 0 Å². The van der Waals surface area contributed by atoms with E-state index in [-0.39, 0.29) is 6.61 Å². The predicted molar refractivity (Wildman–Crippen MR) is 42.1 cm³/mol. The zero-order chi connectivity index (χ0) is 10.6. The van der Waals surface area contributed by atoms with Crippen molar-refractivity contribution >= 4 is 35.0 Å². The molecule has 0 saturated carbocycles. The van der Waals surface area contributed by atoms with Gasteiger partial charge in [-0.25, -0.2) is 4.79 Å². The highest BCUT2D eigenvalue weighted by Crippen LogP contribution is 2.24. The number of rotatable bonds is 4. The van der Waals surface area contributed by atoms with E-state index in [0.29, 0.717) is 0 Å². The minimum absolute atomic E-state index is 0.0524. The normalized spacial score (nSPS) is 13.6. The van der Waals surface area contributed by atoms with Crippen LogP contribution in [0.3, 0.4) is 0 Å². The third-order valence-electron chi connectivity index (χ3n) is 1.00. The summed E-state index contributed by atoms with van der Waals surface area (Å²) in [6.45, 7) is 1.40. The molecular formula is C6H6Cl2F2O3. The lowest BCUT2D eigenvalue weighted by Crippen LogP contribution is -2.36. The lowest BCUT2D eigenvalue weighted by atomic mass is 10.3. The first kappa shape index (κ1) is 12.6. The van der Waals surface area contributed by atoms with E-state index >= 15 is 0 Å². The summed E-state index contributed by atoms with van der Waals surface area (Å²) in [5.41, 5.74) is 0. The molecule has 0 saturated heterocycles. The largest absolute Gasteiger partial charge is 0.465 e. The Labute approximate surface area is 82.9 Å². The Kier molecular flexibility index (Phi) is 4.56. The Balaban J connectivity index is 4.35. The van der Waals surface area contributed by atoms with Crippen molar-refractivity contribution in [1.29, 1.82) is 0 Å². The maximum absolute atomic E-state index is 12.1. The van der Waals surface area contributed by atoms with Gasteiger partial charge >= 0.3 is 11.4 Å². The molecule has 0 N–H and O–H groups in total. The number of halogens is 4. The van der Waals surface area contributed by atoms with Gasteiger partial charge in [0, 0.05) is 0 Å². The first-order valence-electron chi connectivity index (χ1n) is 3.22. The van der Waals surface area contributed by atoms with Gasteiger partial charge in [0.2, 0.25) is 5.78 Å². The van der Waals surface area contributed by atoms with Gasteiger partial charge in [0.25, 0.3) is 0 Å². The number of ether oxygens (including phenoxy) is 1. The van der Waals surface area contributed by atoms with Crippen LogP contribution >= 0.6 is 23.2 Å². The van der Waals surface area contributed by atoms with Gasteiger partial charge in [0.05, 0.1) is 6.61 Å². The maximum Gasteiger partial charge on any atom is 0.382 e. The lowest BCUT2D eigenvalue weighted by Gasteiger charge is -2.10. The zero-order valence-corrected chi connectivity index (χ0v) is 8.03. The Morgan fingerprint density at radius 3 is 2.31 bits per heavy atom. The molecular weight excluding hydrogens is 229 g/mol. The highest BCUT2D eigenvalue weighted by atomic mass is 35.5. The molecule has 7 heteroatoms. The first-order valence-corrected chi connectivity index (χ1v) is 4.04. The van der Waals surface area contributed by atoms with Crippen LogP contribution in [0.25, 0.3) is 0 Å². The van der Waals surface area contributed by atoms with Crippen LogP contribution in [0.1, 0.15) is 6.92 Å². The Morgan fingerprint density at radius 2 is 2.00 bits per heavy atom. The average molecular weight is 235 g/mol. The first-order chi connectivity index (χ1) is 5.80. The zero-order valence-electron chi connectivity index (χ0n) is 6.52. The van der Waals surface area contributed by atoms with Gasteiger partial charge in [0.1, 0.15) is 0 Å². The number of hydrogen-bond donors (Lipinski definition) is 0. The molecule has 0 amide bonds. The van der Waals surface area contributed by atoms with E-state index in [1.807, 2.05) is 0 Å². The number of carbonyl (C=O) groups excluding carboxylic acids is 2. The SMILES string of the molecule is CCOC(=O)C(Cl)C(=O)C(F)(F)Cl. The maximum atomic E-state index is 12.1. The quantitative estimate of drug-likeness (QED) is 0.422. The van der Waals surface area contributed by atoms with Gasteiger partial charge < -0.3 is 4.74 Å². The van der Waals surface area contributed by atoms with Crippen LogP contribution in [0, 0.1) is 0 Å². The van der Waals surface area contributed by atoms with E-state index in [1.54, 1.807) is 0 Å². The number of alkyl halides is 4. The van der Waals surface area contributed by atoms with Crippen LogP contribution < -0.4 is 0 Å². The Bertz CT molecular complexity index is 214. The molecule has 1 atom stereocenters. The molecule has 0 aromatic rings. The van der Waals surface area contributed by atoms with Crippen LogP contribution in [0.5, 0.6) is 0 Å². The fourth-order valence-corrected chi connectivity index (χ4v) is 0.831. The van der Waals surface area contributed by atoms with Crippen LogP contribution in [-0.2, 0) is 14.3 Å². The van der Waals surface area contributed by atoms with E-state index in [0.717, 1.165) is 0 Å². The molecule has 0 aromatic carbocycles. The summed E-state index contributed by atoms with van der Waals surface area (Å²) < 4.78 is 28.4. The fraction of sp³-hybridized carbons (Fsp3) is 0.667. The van der Waals surface area contributed by atoms with Crippen molar-refractivity contribution in [3.05, 3.63) is 0 Å². The van der Waals surface area contributed by atoms with E-state index in [1.165, 1.54) is 6.92 Å². The molecule has 0 heterocycles. The molecule has 3 nitrogen and oxygen atoms in total. The molecule has 0 bridgehead atoms. The number of carbonyl (C=O) groups is 2. The Hall–Kier alpha value is -0.420. The van der Waals surface area contributed by atoms with Crippen molar-refractivity contribution in [3.63, 3.8) is 0 Å². The molecule has 1 unspecified atom stereocenters. The minimum Gasteiger partial charge on any atom is -0.465 e. The van der Waals surface area contributed by atoms with Gasteiger partial charge in [-0.15, -0.1) is 11.6 Å². The summed E-state index contributed by atoms with van der Waals surface area (Å²) in [5.74, 6) is -3.11. The number of hydrogen-bond acceptors (Lipinski definition) is 3. The van der Waals surface area contributed by atoms with Crippen molar-refractivity contribution in [2.75, 3.05) is 6.61 Å². The monoisotopic (exact) mass is 234 g/mol. The van der Waals surface area contributed by atoms with Gasteiger partial charge in [-0.05, 0) is 18.5 Å². The van der Waals surface area contributed by atoms with Crippen molar-refractivity contribution in [2.24, 2.45) is 0 Å². The minimum atomic E-state index is -4.14. The molecule has 0 radical (unpaired) electrons. The van der Waals surface area contributed by atoms with Crippen LogP contribution in [-0.4, -0.2) is 29.1 Å². The lowest BCUT2D eigenvalue weighted by molar-refractivity contribution is -0.148. The highest BCUT2D eigenvalue weighted by Gasteiger charge is 2.43.